The van der Waals surface area contributed by atoms with E-state index in [9.17, 15) is 9.59 Å². The zero-order valence-corrected chi connectivity index (χ0v) is 17.8. The average molecular weight is 435 g/mol. The van der Waals surface area contributed by atoms with Crippen molar-refractivity contribution in [1.29, 1.82) is 0 Å². The summed E-state index contributed by atoms with van der Waals surface area (Å²) in [7, 11) is 1.64. The highest BCUT2D eigenvalue weighted by Crippen LogP contribution is 2.25. The SMILES string of the molecule is COc1ccccc1CCNC(=O)C1CCCN(C(=O)c2ccc(Cl)c(Cl)c2)C1. The number of benzene rings is 2. The number of nitrogens with one attached hydrogen (secondary N) is 1. The van der Waals surface area contributed by atoms with Crippen LogP contribution in [0.3, 0.4) is 0 Å². The fraction of sp³-hybridized carbons (Fsp3) is 0.364. The van der Waals surface area contributed by atoms with Gasteiger partial charge in [-0.05, 0) is 49.1 Å². The Morgan fingerprint density at radius 2 is 1.97 bits per heavy atom. The van der Waals surface area contributed by atoms with Crippen LogP contribution in [0.5, 0.6) is 5.75 Å². The molecule has 1 saturated heterocycles. The predicted octanol–water partition coefficient (Wildman–Crippen LogP) is 4.21. The van der Waals surface area contributed by atoms with Crippen molar-refractivity contribution in [3.8, 4) is 5.75 Å². The summed E-state index contributed by atoms with van der Waals surface area (Å²) in [5, 5.41) is 3.76. The molecule has 1 aliphatic heterocycles. The summed E-state index contributed by atoms with van der Waals surface area (Å²) in [5.74, 6) is 0.451. The molecule has 3 rings (SSSR count). The van der Waals surface area contributed by atoms with Gasteiger partial charge in [-0.15, -0.1) is 0 Å². The van der Waals surface area contributed by atoms with Crippen LogP contribution in [0.15, 0.2) is 42.5 Å². The number of carbonyl (C=O) groups is 2. The predicted molar refractivity (Wildman–Crippen MR) is 115 cm³/mol. The number of methoxy groups -OCH3 is 1. The van der Waals surface area contributed by atoms with Crippen LogP contribution in [0, 0.1) is 5.92 Å². The Kier molecular flexibility index (Phi) is 7.40. The van der Waals surface area contributed by atoms with Gasteiger partial charge in [0.05, 0.1) is 23.1 Å². The normalized spacial score (nSPS) is 16.4. The van der Waals surface area contributed by atoms with Crippen molar-refractivity contribution in [2.24, 2.45) is 5.92 Å². The van der Waals surface area contributed by atoms with Crippen LogP contribution >= 0.6 is 23.2 Å². The maximum absolute atomic E-state index is 12.8. The van der Waals surface area contributed by atoms with E-state index in [2.05, 4.69) is 5.32 Å². The number of amides is 2. The minimum Gasteiger partial charge on any atom is -0.496 e. The summed E-state index contributed by atoms with van der Waals surface area (Å²) >= 11 is 12.0. The van der Waals surface area contributed by atoms with Crippen molar-refractivity contribution < 1.29 is 14.3 Å². The lowest BCUT2D eigenvalue weighted by Gasteiger charge is -2.32. The van der Waals surface area contributed by atoms with Crippen molar-refractivity contribution in [2.45, 2.75) is 19.3 Å². The Morgan fingerprint density at radius 1 is 1.17 bits per heavy atom. The molecule has 2 amide bonds. The summed E-state index contributed by atoms with van der Waals surface area (Å²) in [5.41, 5.74) is 1.53. The van der Waals surface area contributed by atoms with E-state index in [0.29, 0.717) is 41.7 Å². The van der Waals surface area contributed by atoms with Gasteiger partial charge < -0.3 is 15.0 Å². The molecule has 1 N–H and O–H groups in total. The van der Waals surface area contributed by atoms with Crippen molar-refractivity contribution in [3.05, 3.63) is 63.6 Å². The van der Waals surface area contributed by atoms with Crippen molar-refractivity contribution in [3.63, 3.8) is 0 Å². The first-order valence-corrected chi connectivity index (χ1v) is 10.4. The number of hydrogen-bond acceptors (Lipinski definition) is 3. The molecule has 0 radical (unpaired) electrons. The van der Waals surface area contributed by atoms with Gasteiger partial charge in [0.2, 0.25) is 5.91 Å². The van der Waals surface area contributed by atoms with Crippen molar-refractivity contribution in [1.82, 2.24) is 10.2 Å². The third-order valence-corrected chi connectivity index (χ3v) is 5.87. The maximum Gasteiger partial charge on any atom is 0.253 e. The van der Waals surface area contributed by atoms with E-state index >= 15 is 0 Å². The summed E-state index contributed by atoms with van der Waals surface area (Å²) in [6.45, 7) is 1.56. The van der Waals surface area contributed by atoms with Crippen LogP contribution in [-0.2, 0) is 11.2 Å². The molecule has 1 fully saturated rings. The Labute approximate surface area is 180 Å². The zero-order valence-electron chi connectivity index (χ0n) is 16.3. The fourth-order valence-electron chi connectivity index (χ4n) is 3.56. The van der Waals surface area contributed by atoms with Crippen molar-refractivity contribution >= 4 is 35.0 Å². The first-order chi connectivity index (χ1) is 14.0. The molecule has 5 nitrogen and oxygen atoms in total. The number of nitrogens with zero attached hydrogens (tertiary/aromatic N) is 1. The first-order valence-electron chi connectivity index (χ1n) is 9.63. The smallest absolute Gasteiger partial charge is 0.253 e. The number of likely N-dealkylation sites (tertiary alicyclic amines) is 1. The second kappa shape index (κ2) is 9.99. The van der Waals surface area contributed by atoms with E-state index in [1.54, 1.807) is 30.2 Å². The van der Waals surface area contributed by atoms with Crippen LogP contribution in [-0.4, -0.2) is 43.5 Å². The number of para-hydroxylation sites is 1. The second-order valence-corrected chi connectivity index (χ2v) is 7.89. The molecule has 1 atom stereocenters. The van der Waals surface area contributed by atoms with Crippen LogP contribution in [0.4, 0.5) is 0 Å². The number of carbonyl (C=O) groups excluding carboxylic acids is 2. The van der Waals surface area contributed by atoms with Gasteiger partial charge in [-0.1, -0.05) is 41.4 Å². The number of ether oxygens (including phenoxy) is 1. The maximum atomic E-state index is 12.8. The van der Waals surface area contributed by atoms with Gasteiger partial charge in [0.15, 0.2) is 0 Å². The van der Waals surface area contributed by atoms with Crippen LogP contribution in [0.2, 0.25) is 10.0 Å². The molecule has 2 aromatic carbocycles. The molecule has 0 aromatic heterocycles. The zero-order chi connectivity index (χ0) is 20.8. The minimum atomic E-state index is -0.215. The van der Waals surface area contributed by atoms with Gasteiger partial charge in [-0.25, -0.2) is 0 Å². The quantitative estimate of drug-likeness (QED) is 0.740. The Morgan fingerprint density at radius 3 is 2.72 bits per heavy atom. The van der Waals surface area contributed by atoms with Gasteiger partial charge in [-0.3, -0.25) is 9.59 Å². The van der Waals surface area contributed by atoms with E-state index < -0.39 is 0 Å². The molecule has 1 heterocycles. The summed E-state index contributed by atoms with van der Waals surface area (Å²) in [4.78, 5) is 27.1. The average Bonchev–Trinajstić information content (AvgIpc) is 2.75. The Hall–Kier alpha value is -2.24. The number of halogens is 2. The van der Waals surface area contributed by atoms with Crippen LogP contribution in [0.25, 0.3) is 0 Å². The lowest BCUT2D eigenvalue weighted by Crippen LogP contribution is -2.45. The highest BCUT2D eigenvalue weighted by molar-refractivity contribution is 6.42. The summed E-state index contributed by atoms with van der Waals surface area (Å²) in [6, 6.07) is 12.6. The molecular weight excluding hydrogens is 411 g/mol. The standard InChI is InChI=1S/C22H24Cl2N2O3/c1-29-20-7-3-2-5-15(20)10-11-25-21(27)17-6-4-12-26(14-17)22(28)16-8-9-18(23)19(24)13-16/h2-3,5,7-9,13,17H,4,6,10-12,14H2,1H3,(H,25,27). The number of hydrogen-bond donors (Lipinski definition) is 1. The van der Waals surface area contributed by atoms with Gasteiger partial charge >= 0.3 is 0 Å². The highest BCUT2D eigenvalue weighted by Gasteiger charge is 2.29. The lowest BCUT2D eigenvalue weighted by atomic mass is 9.96. The molecule has 7 heteroatoms. The summed E-state index contributed by atoms with van der Waals surface area (Å²) in [6.07, 6.45) is 2.25. The molecule has 2 aromatic rings. The van der Waals surface area contributed by atoms with Crippen molar-refractivity contribution in [2.75, 3.05) is 26.7 Å². The monoisotopic (exact) mass is 434 g/mol. The molecule has 0 aliphatic carbocycles. The molecule has 154 valence electrons. The Bertz CT molecular complexity index is 888. The van der Waals surface area contributed by atoms with Gasteiger partial charge in [0.1, 0.15) is 5.75 Å². The molecule has 29 heavy (non-hydrogen) atoms. The van der Waals surface area contributed by atoms with Gasteiger partial charge in [-0.2, -0.15) is 0 Å². The largest absolute Gasteiger partial charge is 0.496 e. The van der Waals surface area contributed by atoms with Gasteiger partial charge in [0, 0.05) is 25.2 Å². The minimum absolute atomic E-state index is 0.0217. The third kappa shape index (κ3) is 5.43. The molecule has 0 saturated carbocycles. The molecule has 1 aliphatic rings. The summed E-state index contributed by atoms with van der Waals surface area (Å²) < 4.78 is 5.34. The van der Waals surface area contributed by atoms with Gasteiger partial charge in [0.25, 0.3) is 5.91 Å². The van der Waals surface area contributed by atoms with E-state index in [0.717, 1.165) is 24.2 Å². The molecule has 0 bridgehead atoms. The van der Waals surface area contributed by atoms with E-state index in [-0.39, 0.29) is 17.7 Å². The molecular formula is C22H24Cl2N2O3. The second-order valence-electron chi connectivity index (χ2n) is 7.07. The van der Waals surface area contributed by atoms with Crippen LogP contribution in [0.1, 0.15) is 28.8 Å². The Balaban J connectivity index is 1.55. The van der Waals surface area contributed by atoms with E-state index in [1.807, 2.05) is 24.3 Å². The van der Waals surface area contributed by atoms with Crippen LogP contribution < -0.4 is 10.1 Å². The molecule has 1 unspecified atom stereocenters. The topological polar surface area (TPSA) is 58.6 Å². The number of rotatable bonds is 6. The molecule has 0 spiro atoms. The first kappa shape index (κ1) is 21.5. The third-order valence-electron chi connectivity index (χ3n) is 5.13. The number of piperidine rings is 1. The fourth-order valence-corrected chi connectivity index (χ4v) is 3.86. The lowest BCUT2D eigenvalue weighted by molar-refractivity contribution is -0.126. The van der Waals surface area contributed by atoms with E-state index in [1.165, 1.54) is 0 Å². The highest BCUT2D eigenvalue weighted by atomic mass is 35.5. The van der Waals surface area contributed by atoms with E-state index in [4.69, 9.17) is 27.9 Å².